The second kappa shape index (κ2) is 18.2. The van der Waals surface area contributed by atoms with Gasteiger partial charge in [0.2, 0.25) is 0 Å². The summed E-state index contributed by atoms with van der Waals surface area (Å²) < 4.78 is 5.35. The summed E-state index contributed by atoms with van der Waals surface area (Å²) >= 11 is 0. The zero-order valence-corrected chi connectivity index (χ0v) is 13.2. The second-order valence-corrected chi connectivity index (χ2v) is 5.49. The smallest absolute Gasteiger partial charge is 0.0645 e. The quantitative estimate of drug-likeness (QED) is 0.265. The van der Waals surface area contributed by atoms with E-state index in [1.54, 1.807) is 0 Å². The number of unbranched alkanes of at least 4 members (excludes halogenated alkanes) is 11. The Labute approximate surface area is 126 Å². The minimum Gasteiger partial charge on any atom is -0.380 e. The molecule has 0 aromatic carbocycles. The Kier molecular flexibility index (Phi) is 17.5. The first-order valence-corrected chi connectivity index (χ1v) is 8.47. The third-order valence-electron chi connectivity index (χ3n) is 3.56. The average molecular weight is 279 g/mol. The van der Waals surface area contributed by atoms with Crippen LogP contribution >= 0.6 is 0 Å². The Bertz CT molecular complexity index is 232. The van der Waals surface area contributed by atoms with Crippen molar-refractivity contribution in [2.24, 2.45) is 0 Å². The van der Waals surface area contributed by atoms with Crippen molar-refractivity contribution in [2.75, 3.05) is 13.2 Å². The molecule has 0 heterocycles. The van der Waals surface area contributed by atoms with E-state index >= 15 is 0 Å². The number of nitriles is 1. The Morgan fingerprint density at radius 2 is 1.25 bits per heavy atom. The van der Waals surface area contributed by atoms with E-state index in [0.717, 1.165) is 13.0 Å². The summed E-state index contributed by atoms with van der Waals surface area (Å²) in [5.41, 5.74) is 0. The molecule has 0 saturated heterocycles. The highest BCUT2D eigenvalue weighted by Gasteiger charge is 1.94. The molecule has 0 bridgehead atoms. The largest absolute Gasteiger partial charge is 0.380 e. The van der Waals surface area contributed by atoms with Crippen molar-refractivity contribution < 1.29 is 4.74 Å². The van der Waals surface area contributed by atoms with Crippen molar-refractivity contribution in [1.29, 1.82) is 5.26 Å². The van der Waals surface area contributed by atoms with Crippen molar-refractivity contribution >= 4 is 0 Å². The van der Waals surface area contributed by atoms with E-state index in [1.165, 1.54) is 70.6 Å². The van der Waals surface area contributed by atoms with Gasteiger partial charge in [-0.25, -0.2) is 0 Å². The monoisotopic (exact) mass is 279 g/mol. The molecule has 0 aliphatic rings. The van der Waals surface area contributed by atoms with Gasteiger partial charge in [0.1, 0.15) is 0 Å². The summed E-state index contributed by atoms with van der Waals surface area (Å²) in [6, 6.07) is 2.09. The van der Waals surface area contributed by atoms with Gasteiger partial charge in [-0.15, -0.1) is 6.58 Å². The molecule has 116 valence electrons. The lowest BCUT2D eigenvalue weighted by Gasteiger charge is -2.03. The first kappa shape index (κ1) is 19.2. The van der Waals surface area contributed by atoms with E-state index in [1.807, 2.05) is 6.08 Å². The second-order valence-electron chi connectivity index (χ2n) is 5.49. The molecule has 0 aliphatic heterocycles. The van der Waals surface area contributed by atoms with Crippen molar-refractivity contribution in [3.05, 3.63) is 12.7 Å². The average Bonchev–Trinajstić information content (AvgIpc) is 2.47. The van der Waals surface area contributed by atoms with E-state index in [2.05, 4.69) is 12.6 Å². The van der Waals surface area contributed by atoms with Crippen LogP contribution in [0.2, 0.25) is 0 Å². The van der Waals surface area contributed by atoms with E-state index in [-0.39, 0.29) is 0 Å². The Balaban J connectivity index is 2.92. The number of hydrogen-bond acceptors (Lipinski definition) is 2. The molecular formula is C18H33NO. The number of ether oxygens (including phenoxy) is 1. The minimum atomic E-state index is 0.521. The number of allylic oxidation sites excluding steroid dienone is 1. The Morgan fingerprint density at radius 3 is 1.75 bits per heavy atom. The maximum atomic E-state index is 8.35. The molecule has 0 atom stereocenters. The third kappa shape index (κ3) is 17.2. The van der Waals surface area contributed by atoms with Gasteiger partial charge in [0.05, 0.1) is 19.1 Å². The summed E-state index contributed by atoms with van der Waals surface area (Å²) in [6.45, 7) is 5.17. The molecule has 0 fully saturated rings. The summed E-state index contributed by atoms with van der Waals surface area (Å²) in [6.07, 6.45) is 18.5. The predicted molar refractivity (Wildman–Crippen MR) is 86.7 cm³/mol. The van der Waals surface area contributed by atoms with E-state index in [9.17, 15) is 0 Å². The van der Waals surface area contributed by atoms with Crippen LogP contribution in [0.5, 0.6) is 0 Å². The predicted octanol–water partition coefficient (Wildman–Crippen LogP) is 5.78. The van der Waals surface area contributed by atoms with Crippen LogP contribution in [-0.4, -0.2) is 13.2 Å². The fourth-order valence-electron chi connectivity index (χ4n) is 2.30. The molecule has 2 heteroatoms. The standard InChI is InChI=1S/C18H33NO/c1-2-3-4-5-6-7-8-9-10-11-12-13-14-17-20-18-15-16-19/h2H,1,3-15,17-18H2. The number of nitrogens with zero attached hydrogens (tertiary/aromatic N) is 1. The lowest BCUT2D eigenvalue weighted by Crippen LogP contribution is -1.95. The highest BCUT2D eigenvalue weighted by atomic mass is 16.5. The Morgan fingerprint density at radius 1 is 0.750 bits per heavy atom. The molecule has 0 spiro atoms. The van der Waals surface area contributed by atoms with Crippen LogP contribution < -0.4 is 0 Å². The van der Waals surface area contributed by atoms with Crippen molar-refractivity contribution in [3.8, 4) is 6.07 Å². The van der Waals surface area contributed by atoms with E-state index < -0.39 is 0 Å². The molecule has 0 amide bonds. The lowest BCUT2D eigenvalue weighted by atomic mass is 10.1. The molecule has 2 nitrogen and oxygen atoms in total. The van der Waals surface area contributed by atoms with Crippen LogP contribution in [0.4, 0.5) is 0 Å². The van der Waals surface area contributed by atoms with Crippen LogP contribution in [0.25, 0.3) is 0 Å². The summed E-state index contributed by atoms with van der Waals surface area (Å²) in [4.78, 5) is 0. The van der Waals surface area contributed by atoms with Gasteiger partial charge in [0.25, 0.3) is 0 Å². The van der Waals surface area contributed by atoms with Gasteiger partial charge in [-0.2, -0.15) is 5.26 Å². The summed E-state index contributed by atoms with van der Waals surface area (Å²) in [7, 11) is 0. The van der Waals surface area contributed by atoms with Gasteiger partial charge in [0, 0.05) is 6.61 Å². The summed E-state index contributed by atoms with van der Waals surface area (Å²) in [5, 5.41) is 8.35. The maximum absolute atomic E-state index is 8.35. The van der Waals surface area contributed by atoms with Crippen molar-refractivity contribution in [3.63, 3.8) is 0 Å². The molecule has 0 saturated carbocycles. The van der Waals surface area contributed by atoms with Crippen LogP contribution in [0, 0.1) is 11.3 Å². The van der Waals surface area contributed by atoms with E-state index in [4.69, 9.17) is 10.00 Å². The van der Waals surface area contributed by atoms with Crippen molar-refractivity contribution in [2.45, 2.75) is 83.5 Å². The third-order valence-corrected chi connectivity index (χ3v) is 3.56. The van der Waals surface area contributed by atoms with Gasteiger partial charge in [-0.05, 0) is 19.3 Å². The van der Waals surface area contributed by atoms with E-state index in [0.29, 0.717) is 13.0 Å². The fraction of sp³-hybridized carbons (Fsp3) is 0.833. The van der Waals surface area contributed by atoms with Crippen molar-refractivity contribution in [1.82, 2.24) is 0 Å². The first-order chi connectivity index (χ1) is 9.91. The van der Waals surface area contributed by atoms with Crippen LogP contribution in [0.15, 0.2) is 12.7 Å². The molecule has 0 aromatic rings. The van der Waals surface area contributed by atoms with Crippen LogP contribution in [0.3, 0.4) is 0 Å². The molecule has 0 radical (unpaired) electrons. The molecule has 0 N–H and O–H groups in total. The fourth-order valence-corrected chi connectivity index (χ4v) is 2.30. The van der Waals surface area contributed by atoms with Gasteiger partial charge in [-0.3, -0.25) is 0 Å². The van der Waals surface area contributed by atoms with Gasteiger partial charge < -0.3 is 4.74 Å². The topological polar surface area (TPSA) is 33.0 Å². The van der Waals surface area contributed by atoms with Gasteiger partial charge in [0.15, 0.2) is 0 Å². The molecule has 0 rings (SSSR count). The van der Waals surface area contributed by atoms with Gasteiger partial charge >= 0.3 is 0 Å². The normalized spacial score (nSPS) is 10.3. The molecule has 0 aliphatic carbocycles. The maximum Gasteiger partial charge on any atom is 0.0645 e. The Hall–Kier alpha value is -0.810. The molecular weight excluding hydrogens is 246 g/mol. The van der Waals surface area contributed by atoms with Gasteiger partial charge in [-0.1, -0.05) is 63.9 Å². The minimum absolute atomic E-state index is 0.521. The number of rotatable bonds is 16. The molecule has 0 unspecified atom stereocenters. The molecule has 20 heavy (non-hydrogen) atoms. The van der Waals surface area contributed by atoms with Crippen LogP contribution in [-0.2, 0) is 4.74 Å². The van der Waals surface area contributed by atoms with Crippen LogP contribution in [0.1, 0.15) is 83.5 Å². The first-order valence-electron chi connectivity index (χ1n) is 8.47. The molecule has 0 aromatic heterocycles. The SMILES string of the molecule is C=CCCCCCCCCCCCCCOCCC#N. The summed E-state index contributed by atoms with van der Waals surface area (Å²) in [5.74, 6) is 0. The zero-order valence-electron chi connectivity index (χ0n) is 13.2. The highest BCUT2D eigenvalue weighted by Crippen LogP contribution is 2.12. The number of hydrogen-bond donors (Lipinski definition) is 0. The lowest BCUT2D eigenvalue weighted by molar-refractivity contribution is 0.135. The zero-order chi connectivity index (χ0) is 14.7. The highest BCUT2D eigenvalue weighted by molar-refractivity contribution is 4.67.